The van der Waals surface area contributed by atoms with Gasteiger partial charge in [0.05, 0.1) is 11.1 Å². The lowest BCUT2D eigenvalue weighted by Crippen LogP contribution is -2.34. The number of aromatic hydroxyl groups is 1. The van der Waals surface area contributed by atoms with Crippen LogP contribution in [0, 0.1) is 12.8 Å². The van der Waals surface area contributed by atoms with Crippen LogP contribution in [-0.2, 0) is 0 Å². The number of benzene rings is 2. The number of aryl methyl sites for hydroxylation is 1. The first-order valence-electron chi connectivity index (χ1n) is 9.52. The number of aromatic nitrogens is 2. The number of phenolic OH excluding ortho intramolecular Hbond substituents is 1. The summed E-state index contributed by atoms with van der Waals surface area (Å²) in [5.74, 6) is 1.78. The Balaban J connectivity index is 0.00000126. The smallest absolute Gasteiger partial charge is 0.165 e. The molecule has 3 rings (SSSR count). The number of phenols is 1. The molecule has 0 fully saturated rings. The molecule has 0 saturated heterocycles. The van der Waals surface area contributed by atoms with Gasteiger partial charge < -0.3 is 16.2 Å². The lowest BCUT2D eigenvalue weighted by atomic mass is 10.1. The zero-order valence-electron chi connectivity index (χ0n) is 16.8. The highest BCUT2D eigenvalue weighted by atomic mass is 16.3. The minimum absolute atomic E-state index is 0.0320. The summed E-state index contributed by atoms with van der Waals surface area (Å²) in [5.41, 5.74) is 8.65. The van der Waals surface area contributed by atoms with Crippen molar-refractivity contribution < 1.29 is 5.11 Å². The van der Waals surface area contributed by atoms with Crippen molar-refractivity contribution in [2.75, 3.05) is 11.9 Å². The van der Waals surface area contributed by atoms with Gasteiger partial charge in [-0.2, -0.15) is 0 Å². The number of rotatable bonds is 5. The van der Waals surface area contributed by atoms with Crippen molar-refractivity contribution >= 4 is 16.7 Å². The van der Waals surface area contributed by atoms with Crippen molar-refractivity contribution in [3.8, 4) is 17.1 Å². The Morgan fingerprint density at radius 3 is 2.48 bits per heavy atom. The van der Waals surface area contributed by atoms with Crippen molar-refractivity contribution in [3.63, 3.8) is 0 Å². The van der Waals surface area contributed by atoms with E-state index in [9.17, 15) is 5.11 Å². The lowest BCUT2D eigenvalue weighted by molar-refractivity contribution is 0.477. The monoisotopic (exact) mass is 366 g/mol. The van der Waals surface area contributed by atoms with Crippen LogP contribution in [-0.4, -0.2) is 27.7 Å². The van der Waals surface area contributed by atoms with Crippen LogP contribution in [0.15, 0.2) is 42.5 Å². The molecule has 0 aliphatic carbocycles. The molecule has 1 unspecified atom stereocenters. The molecule has 0 aliphatic heterocycles. The minimum atomic E-state index is 0.0320. The van der Waals surface area contributed by atoms with Crippen LogP contribution in [0.1, 0.15) is 33.3 Å². The molecule has 1 aromatic heterocycles. The third kappa shape index (κ3) is 4.95. The van der Waals surface area contributed by atoms with Crippen LogP contribution in [0.3, 0.4) is 0 Å². The van der Waals surface area contributed by atoms with Gasteiger partial charge in [-0.05, 0) is 37.1 Å². The van der Waals surface area contributed by atoms with Crippen LogP contribution in [0.2, 0.25) is 0 Å². The Bertz CT molecular complexity index is 893. The zero-order chi connectivity index (χ0) is 20.0. The fraction of sp³-hybridized carbons (Fsp3) is 0.364. The molecule has 0 saturated carbocycles. The van der Waals surface area contributed by atoms with Crippen LogP contribution in [0.25, 0.3) is 22.3 Å². The van der Waals surface area contributed by atoms with E-state index in [1.807, 2.05) is 57.2 Å². The van der Waals surface area contributed by atoms with Gasteiger partial charge in [0.1, 0.15) is 11.6 Å². The molecular formula is C22H30N4O. The fourth-order valence-electron chi connectivity index (χ4n) is 2.61. The summed E-state index contributed by atoms with van der Waals surface area (Å²) in [6, 6.07) is 13.3. The Morgan fingerprint density at radius 1 is 1.07 bits per heavy atom. The third-order valence-corrected chi connectivity index (χ3v) is 4.36. The van der Waals surface area contributed by atoms with E-state index < -0.39 is 0 Å². The maximum Gasteiger partial charge on any atom is 0.165 e. The first kappa shape index (κ1) is 20.6. The van der Waals surface area contributed by atoms with E-state index in [0.717, 1.165) is 22.3 Å². The predicted molar refractivity (Wildman–Crippen MR) is 114 cm³/mol. The predicted octanol–water partition coefficient (Wildman–Crippen LogP) is 4.73. The number of hydrogen-bond acceptors (Lipinski definition) is 5. The quantitative estimate of drug-likeness (QED) is 0.608. The van der Waals surface area contributed by atoms with E-state index in [1.54, 1.807) is 6.07 Å². The molecule has 4 N–H and O–H groups in total. The van der Waals surface area contributed by atoms with Crippen LogP contribution >= 0.6 is 0 Å². The van der Waals surface area contributed by atoms with Gasteiger partial charge >= 0.3 is 0 Å². The lowest BCUT2D eigenvalue weighted by Gasteiger charge is -2.18. The SMILES string of the molecule is CC.Cc1ccc(O)c(-c2nc(NCC(N)C(C)C)c3ccccc3n2)c1. The molecule has 0 radical (unpaired) electrons. The molecule has 144 valence electrons. The van der Waals surface area contributed by atoms with E-state index in [2.05, 4.69) is 29.1 Å². The van der Waals surface area contributed by atoms with E-state index in [4.69, 9.17) is 5.73 Å². The molecule has 2 aromatic carbocycles. The molecule has 0 amide bonds. The molecular weight excluding hydrogens is 336 g/mol. The number of para-hydroxylation sites is 1. The molecule has 5 heteroatoms. The van der Waals surface area contributed by atoms with E-state index in [1.165, 1.54) is 0 Å². The van der Waals surface area contributed by atoms with Gasteiger partial charge in [-0.25, -0.2) is 9.97 Å². The fourth-order valence-corrected chi connectivity index (χ4v) is 2.61. The highest BCUT2D eigenvalue weighted by Gasteiger charge is 2.14. The Morgan fingerprint density at radius 2 is 1.78 bits per heavy atom. The summed E-state index contributed by atoms with van der Waals surface area (Å²) >= 11 is 0. The van der Waals surface area contributed by atoms with Crippen molar-refractivity contribution in [2.24, 2.45) is 11.7 Å². The normalized spacial score (nSPS) is 11.8. The van der Waals surface area contributed by atoms with Crippen molar-refractivity contribution in [3.05, 3.63) is 48.0 Å². The summed E-state index contributed by atoms with van der Waals surface area (Å²) < 4.78 is 0. The topological polar surface area (TPSA) is 84.1 Å². The van der Waals surface area contributed by atoms with Crippen LogP contribution < -0.4 is 11.1 Å². The first-order chi connectivity index (χ1) is 13.0. The first-order valence-corrected chi connectivity index (χ1v) is 9.52. The number of fused-ring (bicyclic) bond motifs is 1. The molecule has 5 nitrogen and oxygen atoms in total. The second-order valence-electron chi connectivity index (χ2n) is 6.72. The maximum absolute atomic E-state index is 10.2. The van der Waals surface area contributed by atoms with E-state index in [0.29, 0.717) is 23.9 Å². The zero-order valence-corrected chi connectivity index (χ0v) is 16.8. The van der Waals surface area contributed by atoms with Gasteiger partial charge in [-0.3, -0.25) is 0 Å². The van der Waals surface area contributed by atoms with Crippen molar-refractivity contribution in [1.29, 1.82) is 0 Å². The molecule has 0 bridgehead atoms. The molecule has 1 atom stereocenters. The molecule has 0 spiro atoms. The van der Waals surface area contributed by atoms with Crippen LogP contribution in [0.5, 0.6) is 5.75 Å². The minimum Gasteiger partial charge on any atom is -0.507 e. The summed E-state index contributed by atoms with van der Waals surface area (Å²) in [6.07, 6.45) is 0. The standard InChI is InChI=1S/C20H24N4O.C2H6/c1-12(2)16(21)11-22-19-14-6-4-5-7-17(14)23-20(24-19)15-10-13(3)8-9-18(15)25;1-2/h4-10,12,16,25H,11,21H2,1-3H3,(H,22,23,24);1-2H3. The Kier molecular flexibility index (Phi) is 7.13. The largest absolute Gasteiger partial charge is 0.507 e. The second kappa shape index (κ2) is 9.33. The average molecular weight is 367 g/mol. The molecule has 27 heavy (non-hydrogen) atoms. The van der Waals surface area contributed by atoms with Gasteiger partial charge in [0.2, 0.25) is 0 Å². The summed E-state index contributed by atoms with van der Waals surface area (Å²) in [7, 11) is 0. The molecule has 3 aromatic rings. The Labute approximate surface area is 161 Å². The van der Waals surface area contributed by atoms with Gasteiger partial charge in [-0.15, -0.1) is 0 Å². The Hall–Kier alpha value is -2.66. The number of hydrogen-bond donors (Lipinski definition) is 3. The number of nitrogens with one attached hydrogen (secondary N) is 1. The average Bonchev–Trinajstić information content (AvgIpc) is 2.68. The highest BCUT2D eigenvalue weighted by molar-refractivity contribution is 5.90. The molecule has 0 aliphatic rings. The van der Waals surface area contributed by atoms with Crippen molar-refractivity contribution in [1.82, 2.24) is 9.97 Å². The summed E-state index contributed by atoms with van der Waals surface area (Å²) in [4.78, 5) is 9.29. The summed E-state index contributed by atoms with van der Waals surface area (Å²) in [5, 5.41) is 14.5. The van der Waals surface area contributed by atoms with Gasteiger partial charge in [0, 0.05) is 18.0 Å². The highest BCUT2D eigenvalue weighted by Crippen LogP contribution is 2.30. The van der Waals surface area contributed by atoms with Crippen molar-refractivity contribution in [2.45, 2.75) is 40.7 Å². The maximum atomic E-state index is 10.2. The van der Waals surface area contributed by atoms with E-state index in [-0.39, 0.29) is 11.8 Å². The van der Waals surface area contributed by atoms with Crippen LogP contribution in [0.4, 0.5) is 5.82 Å². The number of anilines is 1. The second-order valence-corrected chi connectivity index (χ2v) is 6.72. The number of nitrogens with zero attached hydrogens (tertiary/aromatic N) is 2. The van der Waals surface area contributed by atoms with Gasteiger partial charge in [0.15, 0.2) is 5.82 Å². The van der Waals surface area contributed by atoms with Gasteiger partial charge in [0.25, 0.3) is 0 Å². The molecule has 1 heterocycles. The number of nitrogens with two attached hydrogens (primary N) is 1. The van der Waals surface area contributed by atoms with E-state index >= 15 is 0 Å². The third-order valence-electron chi connectivity index (χ3n) is 4.36. The van der Waals surface area contributed by atoms with Gasteiger partial charge in [-0.1, -0.05) is 51.5 Å². The summed E-state index contributed by atoms with van der Waals surface area (Å²) in [6.45, 7) is 10.8.